The van der Waals surface area contributed by atoms with Crippen LogP contribution >= 0.6 is 8.58 Å². The molecule has 3 nitrogen and oxygen atoms in total. The van der Waals surface area contributed by atoms with Gasteiger partial charge in [-0.2, -0.15) is 5.66 Å². The summed E-state index contributed by atoms with van der Waals surface area (Å²) in [6.07, 6.45) is 0.975. The first-order chi connectivity index (χ1) is 8.96. The molecule has 0 heterocycles. The summed E-state index contributed by atoms with van der Waals surface area (Å²) in [7, 11) is 3.97. The maximum atomic E-state index is 12.5. The molecule has 0 radical (unpaired) electrons. The van der Waals surface area contributed by atoms with Crippen LogP contribution in [0.4, 0.5) is 0 Å². The van der Waals surface area contributed by atoms with E-state index in [1.54, 1.807) is 14.2 Å². The van der Waals surface area contributed by atoms with Crippen molar-refractivity contribution in [3.63, 3.8) is 0 Å². The van der Waals surface area contributed by atoms with Crippen molar-refractivity contribution >= 4 is 14.1 Å². The molecule has 0 aliphatic carbocycles. The summed E-state index contributed by atoms with van der Waals surface area (Å²) in [5.41, 5.74) is 2.90. The van der Waals surface area contributed by atoms with E-state index in [1.807, 2.05) is 19.9 Å². The van der Waals surface area contributed by atoms with Crippen molar-refractivity contribution < 1.29 is 33.1 Å². The number of ether oxygens (including phenoxy) is 2. The van der Waals surface area contributed by atoms with Crippen LogP contribution in [-0.4, -0.2) is 25.4 Å². The molecule has 0 aliphatic rings. The third-order valence-electron chi connectivity index (χ3n) is 3.15. The fraction of sp³-hybridized carbons (Fsp3) is 0.533. The Morgan fingerprint density at radius 1 is 1.20 bits per heavy atom. The van der Waals surface area contributed by atoms with Gasteiger partial charge in [0.25, 0.3) is 0 Å². The van der Waals surface area contributed by atoms with E-state index in [0.717, 1.165) is 26.1 Å². The fourth-order valence-electron chi connectivity index (χ4n) is 2.03. The Bertz CT molecular complexity index is 446. The van der Waals surface area contributed by atoms with Gasteiger partial charge >= 0.3 is 18.9 Å². The summed E-state index contributed by atoms with van der Waals surface area (Å²) >= 11 is 0. The number of hydrogen-bond acceptors (Lipinski definition) is 3. The molecule has 1 atom stereocenters. The van der Waals surface area contributed by atoms with Crippen LogP contribution in [0.1, 0.15) is 41.8 Å². The van der Waals surface area contributed by atoms with Gasteiger partial charge in [-0.3, -0.25) is 0 Å². The summed E-state index contributed by atoms with van der Waals surface area (Å²) < 4.78 is 10.8. The predicted molar refractivity (Wildman–Crippen MR) is 80.0 cm³/mol. The maximum Gasteiger partial charge on any atom is 1.00 e. The van der Waals surface area contributed by atoms with Gasteiger partial charge in [-0.05, 0) is 31.0 Å². The van der Waals surface area contributed by atoms with E-state index in [1.165, 1.54) is 0 Å². The van der Waals surface area contributed by atoms with Crippen molar-refractivity contribution in [3.05, 3.63) is 22.8 Å². The molecule has 1 aromatic rings. The standard InChI is InChI=1S/C15H22O3P.Li/c1-7-11(4)19-15(16)12-13(17-5)9(2)8-10(3)14(12)18-6;/h8,11H,7H2,1-6H3;/q-1;+1. The zero-order valence-corrected chi connectivity index (χ0v) is 14.4. The largest absolute Gasteiger partial charge is 1.00 e. The molecule has 0 bridgehead atoms. The zero-order valence-electron chi connectivity index (χ0n) is 13.5. The molecular formula is C15H22LiO3P. The second-order valence-corrected chi connectivity index (χ2v) is 6.19. The Hall–Kier alpha value is -0.483. The maximum absolute atomic E-state index is 12.5. The van der Waals surface area contributed by atoms with Crippen LogP contribution in [-0.2, 0) is 0 Å². The van der Waals surface area contributed by atoms with Gasteiger partial charge in [0.2, 0.25) is 0 Å². The summed E-state index contributed by atoms with van der Waals surface area (Å²) in [5, 5.41) is 0. The summed E-state index contributed by atoms with van der Waals surface area (Å²) in [6.45, 7) is 8.05. The molecule has 0 N–H and O–H groups in total. The van der Waals surface area contributed by atoms with Crippen molar-refractivity contribution in [2.45, 2.75) is 39.8 Å². The summed E-state index contributed by atoms with van der Waals surface area (Å²) in [5.74, 6) is 1.26. The van der Waals surface area contributed by atoms with Gasteiger partial charge in [0.1, 0.15) is 11.5 Å². The molecule has 0 aliphatic heterocycles. The second kappa shape index (κ2) is 8.73. The topological polar surface area (TPSA) is 35.5 Å². The van der Waals surface area contributed by atoms with Crippen LogP contribution in [0.15, 0.2) is 6.07 Å². The molecule has 106 valence electrons. The van der Waals surface area contributed by atoms with Crippen molar-refractivity contribution in [2.24, 2.45) is 0 Å². The minimum atomic E-state index is 0. The van der Waals surface area contributed by atoms with Gasteiger partial charge in [0.05, 0.1) is 19.8 Å². The van der Waals surface area contributed by atoms with Crippen LogP contribution in [0.3, 0.4) is 0 Å². The average Bonchev–Trinajstić information content (AvgIpc) is 2.37. The number of benzene rings is 1. The summed E-state index contributed by atoms with van der Waals surface area (Å²) in [4.78, 5) is 12.5. The van der Waals surface area contributed by atoms with Crippen molar-refractivity contribution in [3.8, 4) is 11.5 Å². The zero-order chi connectivity index (χ0) is 14.6. The minimum Gasteiger partial charge on any atom is -0.496 e. The van der Waals surface area contributed by atoms with Gasteiger partial charge in [-0.15, -0.1) is 0 Å². The Kier molecular flexibility index (Phi) is 8.52. The first-order valence-corrected chi connectivity index (χ1v) is 7.39. The van der Waals surface area contributed by atoms with Crippen molar-refractivity contribution in [1.82, 2.24) is 0 Å². The number of carbonyl (C=O) groups excluding carboxylic acids is 1. The Balaban J connectivity index is 0.00000361. The van der Waals surface area contributed by atoms with Crippen LogP contribution in [0.25, 0.3) is 0 Å². The van der Waals surface area contributed by atoms with E-state index in [4.69, 9.17) is 9.47 Å². The number of methoxy groups -OCH3 is 2. The monoisotopic (exact) mass is 288 g/mol. The van der Waals surface area contributed by atoms with E-state index < -0.39 is 0 Å². The molecule has 0 fully saturated rings. The molecule has 0 amide bonds. The first kappa shape index (κ1) is 19.5. The van der Waals surface area contributed by atoms with E-state index in [-0.39, 0.29) is 24.4 Å². The smallest absolute Gasteiger partial charge is 0.496 e. The average molecular weight is 288 g/mol. The second-order valence-electron chi connectivity index (χ2n) is 4.64. The fourth-order valence-corrected chi connectivity index (χ4v) is 2.94. The van der Waals surface area contributed by atoms with E-state index in [9.17, 15) is 4.79 Å². The minimum absolute atomic E-state index is 0. The Labute approximate surface area is 135 Å². The number of hydrogen-bond donors (Lipinski definition) is 0. The quantitative estimate of drug-likeness (QED) is 0.583. The number of rotatable bonds is 6. The molecule has 1 rings (SSSR count). The third kappa shape index (κ3) is 4.25. The molecular weight excluding hydrogens is 266 g/mol. The number of carbonyl (C=O) groups is 1. The Morgan fingerprint density at radius 2 is 1.65 bits per heavy atom. The first-order valence-electron chi connectivity index (χ1n) is 6.43. The molecule has 0 aromatic heterocycles. The van der Waals surface area contributed by atoms with Crippen LogP contribution in [0.2, 0.25) is 0 Å². The van der Waals surface area contributed by atoms with Crippen molar-refractivity contribution in [2.75, 3.05) is 14.2 Å². The molecule has 1 aromatic carbocycles. The van der Waals surface area contributed by atoms with E-state index in [2.05, 4.69) is 13.8 Å². The summed E-state index contributed by atoms with van der Waals surface area (Å²) in [6, 6.07) is 1.98. The number of aryl methyl sites for hydroxylation is 2. The molecule has 20 heavy (non-hydrogen) atoms. The normalized spacial score (nSPS) is 12.1. The van der Waals surface area contributed by atoms with Crippen LogP contribution in [0.5, 0.6) is 11.5 Å². The van der Waals surface area contributed by atoms with Crippen LogP contribution in [0, 0.1) is 13.8 Å². The van der Waals surface area contributed by atoms with Gasteiger partial charge in [0, 0.05) is 5.52 Å². The van der Waals surface area contributed by atoms with E-state index >= 15 is 0 Å². The molecule has 5 heteroatoms. The predicted octanol–water partition coefficient (Wildman–Crippen LogP) is 1.21. The van der Waals surface area contributed by atoms with Gasteiger partial charge in [0.15, 0.2) is 0 Å². The van der Waals surface area contributed by atoms with Gasteiger partial charge in [-0.1, -0.05) is 20.3 Å². The molecule has 0 spiro atoms. The van der Waals surface area contributed by atoms with Crippen LogP contribution < -0.4 is 28.3 Å². The SMILES string of the molecule is CCC(C)[P-]C(=O)c1c(OC)c(C)cc(C)c1OC.[Li+]. The van der Waals surface area contributed by atoms with E-state index in [0.29, 0.717) is 22.7 Å². The molecule has 0 saturated carbocycles. The van der Waals surface area contributed by atoms with Gasteiger partial charge in [-0.25, -0.2) is 0 Å². The van der Waals surface area contributed by atoms with Crippen molar-refractivity contribution in [1.29, 1.82) is 0 Å². The Morgan fingerprint density at radius 3 is 2.00 bits per heavy atom. The molecule has 0 saturated heterocycles. The molecule has 1 unspecified atom stereocenters. The van der Waals surface area contributed by atoms with Gasteiger partial charge < -0.3 is 22.8 Å². The third-order valence-corrected chi connectivity index (χ3v) is 4.42.